The SMILES string of the molecule is O=C(Cc1ccc(-c2ccccc2)cc1)N[C@H]1CCO[C@H](CO)[C@H]1O. The lowest BCUT2D eigenvalue weighted by Crippen LogP contribution is -2.54. The standard InChI is InChI=1S/C20H23NO4/c22-13-18-20(24)17(10-11-25-18)21-19(23)12-14-6-8-16(9-7-14)15-4-2-1-3-5-15/h1-9,17-18,20,22,24H,10-13H2,(H,21,23)/t17-,18+,20-/m0/s1. The summed E-state index contributed by atoms with van der Waals surface area (Å²) >= 11 is 0. The highest BCUT2D eigenvalue weighted by Gasteiger charge is 2.33. The molecule has 1 saturated heterocycles. The molecular weight excluding hydrogens is 318 g/mol. The highest BCUT2D eigenvalue weighted by Crippen LogP contribution is 2.19. The number of hydrogen-bond acceptors (Lipinski definition) is 4. The van der Waals surface area contributed by atoms with E-state index in [9.17, 15) is 15.0 Å². The molecule has 132 valence electrons. The van der Waals surface area contributed by atoms with E-state index < -0.39 is 12.2 Å². The number of carbonyl (C=O) groups excluding carboxylic acids is 1. The van der Waals surface area contributed by atoms with E-state index in [1.54, 1.807) is 0 Å². The molecule has 0 saturated carbocycles. The van der Waals surface area contributed by atoms with Crippen molar-refractivity contribution in [1.29, 1.82) is 0 Å². The van der Waals surface area contributed by atoms with Gasteiger partial charge in [-0.1, -0.05) is 54.6 Å². The summed E-state index contributed by atoms with van der Waals surface area (Å²) in [6.45, 7) is 0.160. The van der Waals surface area contributed by atoms with Crippen molar-refractivity contribution < 1.29 is 19.7 Å². The Labute approximate surface area is 147 Å². The predicted octanol–water partition coefficient (Wildman–Crippen LogP) is 1.52. The summed E-state index contributed by atoms with van der Waals surface area (Å²) < 4.78 is 5.27. The van der Waals surface area contributed by atoms with Crippen molar-refractivity contribution in [3.63, 3.8) is 0 Å². The van der Waals surface area contributed by atoms with Crippen LogP contribution in [-0.4, -0.2) is 47.6 Å². The van der Waals surface area contributed by atoms with Crippen LogP contribution in [0, 0.1) is 0 Å². The van der Waals surface area contributed by atoms with Gasteiger partial charge >= 0.3 is 0 Å². The number of aliphatic hydroxyl groups is 2. The van der Waals surface area contributed by atoms with Gasteiger partial charge in [-0.3, -0.25) is 4.79 Å². The van der Waals surface area contributed by atoms with Gasteiger partial charge in [-0.2, -0.15) is 0 Å². The van der Waals surface area contributed by atoms with Gasteiger partial charge in [0.05, 0.1) is 19.1 Å². The number of rotatable bonds is 5. The van der Waals surface area contributed by atoms with Gasteiger partial charge in [0.25, 0.3) is 0 Å². The first-order chi connectivity index (χ1) is 12.2. The number of aliphatic hydroxyl groups excluding tert-OH is 2. The van der Waals surface area contributed by atoms with Crippen LogP contribution in [-0.2, 0) is 16.0 Å². The molecule has 3 atom stereocenters. The first-order valence-electron chi connectivity index (χ1n) is 8.51. The molecule has 0 radical (unpaired) electrons. The average molecular weight is 341 g/mol. The minimum atomic E-state index is -0.886. The summed E-state index contributed by atoms with van der Waals surface area (Å²) in [6, 6.07) is 17.6. The zero-order valence-electron chi connectivity index (χ0n) is 14.0. The molecule has 3 N–H and O–H groups in total. The second-order valence-electron chi connectivity index (χ2n) is 6.28. The van der Waals surface area contributed by atoms with Crippen LogP contribution in [0.5, 0.6) is 0 Å². The van der Waals surface area contributed by atoms with E-state index in [2.05, 4.69) is 5.32 Å². The number of benzene rings is 2. The molecule has 2 aromatic carbocycles. The van der Waals surface area contributed by atoms with Crippen LogP contribution in [0.15, 0.2) is 54.6 Å². The van der Waals surface area contributed by atoms with Gasteiger partial charge in [0.2, 0.25) is 5.91 Å². The molecule has 2 aromatic rings. The van der Waals surface area contributed by atoms with Crippen molar-refractivity contribution in [3.8, 4) is 11.1 Å². The third-order valence-electron chi connectivity index (χ3n) is 4.51. The molecule has 0 aromatic heterocycles. The zero-order chi connectivity index (χ0) is 17.6. The van der Waals surface area contributed by atoms with Gasteiger partial charge in [-0.25, -0.2) is 0 Å². The monoisotopic (exact) mass is 341 g/mol. The molecule has 0 bridgehead atoms. The van der Waals surface area contributed by atoms with Crippen LogP contribution in [0.2, 0.25) is 0 Å². The molecule has 5 heteroatoms. The summed E-state index contributed by atoms with van der Waals surface area (Å²) in [5, 5.41) is 22.1. The van der Waals surface area contributed by atoms with Crippen molar-refractivity contribution in [2.75, 3.05) is 13.2 Å². The molecule has 1 aliphatic heterocycles. The van der Waals surface area contributed by atoms with Gasteiger partial charge < -0.3 is 20.3 Å². The highest BCUT2D eigenvalue weighted by molar-refractivity contribution is 5.79. The molecule has 1 fully saturated rings. The number of nitrogens with one attached hydrogen (secondary N) is 1. The minimum Gasteiger partial charge on any atom is -0.394 e. The summed E-state index contributed by atoms with van der Waals surface area (Å²) in [4.78, 5) is 12.3. The van der Waals surface area contributed by atoms with Crippen molar-refractivity contribution in [3.05, 3.63) is 60.2 Å². The summed E-state index contributed by atoms with van der Waals surface area (Å²) in [5.74, 6) is -0.143. The fourth-order valence-corrected chi connectivity index (χ4v) is 3.08. The maximum absolute atomic E-state index is 12.3. The van der Waals surface area contributed by atoms with E-state index in [4.69, 9.17) is 4.74 Å². The summed E-state index contributed by atoms with van der Waals surface area (Å²) in [6.07, 6.45) is -0.730. The van der Waals surface area contributed by atoms with Crippen molar-refractivity contribution in [1.82, 2.24) is 5.32 Å². The third-order valence-corrected chi connectivity index (χ3v) is 4.51. The zero-order valence-corrected chi connectivity index (χ0v) is 14.0. The highest BCUT2D eigenvalue weighted by atomic mass is 16.5. The van der Waals surface area contributed by atoms with Crippen LogP contribution in [0.3, 0.4) is 0 Å². The largest absolute Gasteiger partial charge is 0.394 e. The molecule has 0 aliphatic carbocycles. The normalized spacial score (nSPS) is 23.2. The van der Waals surface area contributed by atoms with Crippen LogP contribution in [0.1, 0.15) is 12.0 Å². The fourth-order valence-electron chi connectivity index (χ4n) is 3.08. The number of carbonyl (C=O) groups is 1. The van der Waals surface area contributed by atoms with Gasteiger partial charge in [-0.15, -0.1) is 0 Å². The quantitative estimate of drug-likeness (QED) is 0.770. The van der Waals surface area contributed by atoms with Gasteiger partial charge in [0.15, 0.2) is 0 Å². The van der Waals surface area contributed by atoms with Crippen LogP contribution in [0.4, 0.5) is 0 Å². The summed E-state index contributed by atoms with van der Waals surface area (Å²) in [7, 11) is 0. The third kappa shape index (κ3) is 4.45. The maximum Gasteiger partial charge on any atom is 0.224 e. The minimum absolute atomic E-state index is 0.143. The van der Waals surface area contributed by atoms with Crippen molar-refractivity contribution >= 4 is 5.91 Å². The molecule has 5 nitrogen and oxygen atoms in total. The Kier molecular flexibility index (Phi) is 5.81. The van der Waals surface area contributed by atoms with Gasteiger partial charge in [0.1, 0.15) is 12.2 Å². The Bertz CT molecular complexity index is 687. The topological polar surface area (TPSA) is 78.8 Å². The van der Waals surface area contributed by atoms with E-state index in [-0.39, 0.29) is 25.0 Å². The Morgan fingerprint density at radius 2 is 1.76 bits per heavy atom. The predicted molar refractivity (Wildman–Crippen MR) is 95.0 cm³/mol. The van der Waals surface area contributed by atoms with E-state index in [0.29, 0.717) is 13.0 Å². The Morgan fingerprint density at radius 3 is 2.44 bits per heavy atom. The lowest BCUT2D eigenvalue weighted by Gasteiger charge is -2.34. The van der Waals surface area contributed by atoms with E-state index in [1.807, 2.05) is 54.6 Å². The number of ether oxygens (including phenoxy) is 1. The maximum atomic E-state index is 12.3. The van der Waals surface area contributed by atoms with E-state index in [0.717, 1.165) is 16.7 Å². The van der Waals surface area contributed by atoms with E-state index >= 15 is 0 Å². The molecule has 0 unspecified atom stereocenters. The Balaban J connectivity index is 1.58. The first-order valence-corrected chi connectivity index (χ1v) is 8.51. The fraction of sp³-hybridized carbons (Fsp3) is 0.350. The van der Waals surface area contributed by atoms with Crippen LogP contribution < -0.4 is 5.32 Å². The van der Waals surface area contributed by atoms with E-state index in [1.165, 1.54) is 0 Å². The van der Waals surface area contributed by atoms with Crippen molar-refractivity contribution in [2.45, 2.75) is 31.1 Å². The molecule has 1 heterocycles. The molecule has 0 spiro atoms. The summed E-state index contributed by atoms with van der Waals surface area (Å²) in [5.41, 5.74) is 3.16. The second-order valence-corrected chi connectivity index (χ2v) is 6.28. The molecular formula is C20H23NO4. The lowest BCUT2D eigenvalue weighted by molar-refractivity contribution is -0.131. The first kappa shape index (κ1) is 17.6. The smallest absolute Gasteiger partial charge is 0.224 e. The van der Waals surface area contributed by atoms with Crippen molar-refractivity contribution in [2.24, 2.45) is 0 Å². The Hall–Kier alpha value is -2.21. The second kappa shape index (κ2) is 8.25. The van der Waals surface area contributed by atoms with Crippen LogP contribution >= 0.6 is 0 Å². The molecule has 1 amide bonds. The van der Waals surface area contributed by atoms with Crippen LogP contribution in [0.25, 0.3) is 11.1 Å². The number of hydrogen-bond donors (Lipinski definition) is 3. The molecule has 1 aliphatic rings. The van der Waals surface area contributed by atoms with Gasteiger partial charge in [-0.05, 0) is 23.1 Å². The average Bonchev–Trinajstić information content (AvgIpc) is 2.65. The lowest BCUT2D eigenvalue weighted by atomic mass is 9.99. The number of amides is 1. The Morgan fingerprint density at radius 1 is 1.08 bits per heavy atom. The molecule has 3 rings (SSSR count). The molecule has 25 heavy (non-hydrogen) atoms. The van der Waals surface area contributed by atoms with Gasteiger partial charge in [0, 0.05) is 6.61 Å².